The summed E-state index contributed by atoms with van der Waals surface area (Å²) < 4.78 is 14.3. The number of hydrogen-bond donors (Lipinski definition) is 0. The van der Waals surface area contributed by atoms with Gasteiger partial charge in [0.05, 0.1) is 0 Å². The number of benzene rings is 1. The van der Waals surface area contributed by atoms with Gasteiger partial charge in [0.1, 0.15) is 10.8 Å². The first-order valence-corrected chi connectivity index (χ1v) is 7.41. The summed E-state index contributed by atoms with van der Waals surface area (Å²) in [7, 11) is 0.700. The zero-order valence-corrected chi connectivity index (χ0v) is 11.2. The molecular formula is C14H16N2OS. The number of rotatable bonds is 2. The molecule has 0 saturated heterocycles. The fraction of sp³-hybridized carbons (Fsp3) is 0.357. The normalized spacial score (nSPS) is 16.3. The van der Waals surface area contributed by atoms with Crippen LogP contribution in [0.1, 0.15) is 24.0 Å². The second kappa shape index (κ2) is 4.69. The molecule has 1 unspecified atom stereocenters. The summed E-state index contributed by atoms with van der Waals surface area (Å²) in [5, 5.41) is 0.616. The van der Waals surface area contributed by atoms with E-state index >= 15 is 0 Å². The Kier molecular flexibility index (Phi) is 3.04. The van der Waals surface area contributed by atoms with Gasteiger partial charge >= 0.3 is 0 Å². The molecule has 1 atom stereocenters. The Hall–Kier alpha value is -1.42. The lowest BCUT2D eigenvalue weighted by molar-refractivity contribution is 0.662. The smallest absolute Gasteiger partial charge is 0.203 e. The summed E-state index contributed by atoms with van der Waals surface area (Å²) >= 11 is 0. The number of hydrogen-bond acceptors (Lipinski definition) is 2. The molecule has 0 aliphatic heterocycles. The zero-order valence-electron chi connectivity index (χ0n) is 10.4. The lowest BCUT2D eigenvalue weighted by Crippen LogP contribution is -2.06. The Bertz CT molecular complexity index is 604. The van der Waals surface area contributed by atoms with Crippen molar-refractivity contribution < 1.29 is 4.21 Å². The molecule has 3 rings (SSSR count). The second-order valence-corrected chi connectivity index (χ2v) is 6.10. The molecule has 4 heteroatoms. The van der Waals surface area contributed by atoms with Crippen LogP contribution in [0.15, 0.2) is 40.6 Å². The minimum atomic E-state index is -1.17. The maximum Gasteiger partial charge on any atom is 0.203 e. The maximum atomic E-state index is 12.4. The van der Waals surface area contributed by atoms with Crippen molar-refractivity contribution in [1.82, 2.24) is 9.55 Å². The van der Waals surface area contributed by atoms with Gasteiger partial charge in [0.15, 0.2) is 0 Å². The highest BCUT2D eigenvalue weighted by molar-refractivity contribution is 7.85. The van der Waals surface area contributed by atoms with Crippen LogP contribution < -0.4 is 0 Å². The molecule has 94 valence electrons. The number of nitrogens with zero attached hydrogens (tertiary/aromatic N) is 2. The van der Waals surface area contributed by atoms with Crippen LogP contribution in [0.3, 0.4) is 0 Å². The van der Waals surface area contributed by atoms with Gasteiger partial charge in [-0.2, -0.15) is 0 Å². The highest BCUT2D eigenvalue weighted by Gasteiger charge is 2.15. The van der Waals surface area contributed by atoms with Crippen LogP contribution in [0.25, 0.3) is 0 Å². The van der Waals surface area contributed by atoms with Crippen molar-refractivity contribution in [3.05, 3.63) is 41.7 Å². The van der Waals surface area contributed by atoms with Crippen LogP contribution in [0.2, 0.25) is 0 Å². The molecule has 1 heterocycles. The van der Waals surface area contributed by atoms with Crippen molar-refractivity contribution in [2.24, 2.45) is 7.05 Å². The van der Waals surface area contributed by atoms with Crippen molar-refractivity contribution in [3.63, 3.8) is 0 Å². The molecule has 0 N–H and O–H groups in total. The first kappa shape index (κ1) is 11.7. The van der Waals surface area contributed by atoms with Gasteiger partial charge in [-0.25, -0.2) is 9.19 Å². The van der Waals surface area contributed by atoms with Gasteiger partial charge in [0.2, 0.25) is 5.16 Å². The van der Waals surface area contributed by atoms with Gasteiger partial charge in [0.25, 0.3) is 0 Å². The average Bonchev–Trinajstić information content (AvgIpc) is 2.83. The largest absolute Gasteiger partial charge is 0.327 e. The number of fused-ring (bicyclic) bond motifs is 1. The van der Waals surface area contributed by atoms with E-state index in [9.17, 15) is 4.21 Å². The molecule has 1 aromatic carbocycles. The van der Waals surface area contributed by atoms with Gasteiger partial charge in [-0.05, 0) is 48.9 Å². The van der Waals surface area contributed by atoms with Crippen LogP contribution in [0.5, 0.6) is 0 Å². The Balaban J connectivity index is 1.98. The average molecular weight is 260 g/mol. The third kappa shape index (κ3) is 2.01. The topological polar surface area (TPSA) is 34.9 Å². The lowest BCUT2D eigenvalue weighted by atomic mass is 9.92. The van der Waals surface area contributed by atoms with E-state index < -0.39 is 10.8 Å². The fourth-order valence-electron chi connectivity index (χ4n) is 2.46. The quantitative estimate of drug-likeness (QED) is 0.831. The Morgan fingerprint density at radius 2 is 2.00 bits per heavy atom. The van der Waals surface area contributed by atoms with Crippen LogP contribution in [-0.4, -0.2) is 13.8 Å². The van der Waals surface area contributed by atoms with E-state index in [0.717, 1.165) is 17.7 Å². The summed E-state index contributed by atoms with van der Waals surface area (Å²) in [6.45, 7) is 0. The molecule has 1 aliphatic carbocycles. The van der Waals surface area contributed by atoms with Crippen LogP contribution >= 0.6 is 0 Å². The summed E-state index contributed by atoms with van der Waals surface area (Å²) in [6, 6.07) is 6.21. The molecule has 0 fully saturated rings. The number of aryl methyl sites for hydroxylation is 3. The molecule has 2 aromatic rings. The van der Waals surface area contributed by atoms with Crippen molar-refractivity contribution >= 4 is 10.8 Å². The van der Waals surface area contributed by atoms with Gasteiger partial charge in [-0.15, -0.1) is 0 Å². The van der Waals surface area contributed by atoms with Crippen molar-refractivity contribution in [2.45, 2.75) is 35.7 Å². The lowest BCUT2D eigenvalue weighted by Gasteiger charge is -2.16. The molecule has 3 nitrogen and oxygen atoms in total. The van der Waals surface area contributed by atoms with Gasteiger partial charge in [0, 0.05) is 24.3 Å². The molecule has 1 aromatic heterocycles. The van der Waals surface area contributed by atoms with Crippen molar-refractivity contribution in [1.29, 1.82) is 0 Å². The fourth-order valence-corrected chi connectivity index (χ4v) is 3.59. The second-order valence-electron chi connectivity index (χ2n) is 4.73. The van der Waals surface area contributed by atoms with Crippen LogP contribution in [0, 0.1) is 0 Å². The summed E-state index contributed by atoms with van der Waals surface area (Å²) in [5.74, 6) is 0. The monoisotopic (exact) mass is 260 g/mol. The Labute approximate surface area is 109 Å². The van der Waals surface area contributed by atoms with E-state index in [-0.39, 0.29) is 0 Å². The van der Waals surface area contributed by atoms with Crippen LogP contribution in [-0.2, 0) is 30.7 Å². The molecule has 0 bridgehead atoms. The number of aromatic nitrogens is 2. The molecule has 0 amide bonds. The van der Waals surface area contributed by atoms with E-state index in [1.807, 2.05) is 23.9 Å². The molecule has 0 spiro atoms. The maximum absolute atomic E-state index is 12.4. The van der Waals surface area contributed by atoms with E-state index in [0.29, 0.717) is 5.16 Å². The number of imidazole rings is 1. The summed E-state index contributed by atoms with van der Waals surface area (Å²) in [4.78, 5) is 5.03. The highest BCUT2D eigenvalue weighted by Crippen LogP contribution is 2.24. The molecule has 0 saturated carbocycles. The van der Waals surface area contributed by atoms with E-state index in [2.05, 4.69) is 17.1 Å². The Morgan fingerprint density at radius 1 is 1.22 bits per heavy atom. The standard InChI is InChI=1S/C14H16N2OS/c1-16-9-8-15-14(16)18(17)13-7-6-11-4-2-3-5-12(11)10-13/h6-10H,2-5H2,1H3. The molecule has 18 heavy (non-hydrogen) atoms. The van der Waals surface area contributed by atoms with Crippen molar-refractivity contribution in [3.8, 4) is 0 Å². The predicted octanol–water partition coefficient (Wildman–Crippen LogP) is 2.47. The van der Waals surface area contributed by atoms with Gasteiger partial charge in [-0.3, -0.25) is 0 Å². The third-order valence-corrected chi connectivity index (χ3v) is 4.88. The van der Waals surface area contributed by atoms with Gasteiger partial charge in [-0.1, -0.05) is 6.07 Å². The first-order chi connectivity index (χ1) is 8.75. The highest BCUT2D eigenvalue weighted by atomic mass is 32.2. The van der Waals surface area contributed by atoms with E-state index in [1.165, 1.54) is 24.0 Å². The summed E-state index contributed by atoms with van der Waals surface area (Å²) in [6.07, 6.45) is 8.29. The molecule has 1 aliphatic rings. The predicted molar refractivity (Wildman–Crippen MR) is 71.0 cm³/mol. The first-order valence-electron chi connectivity index (χ1n) is 6.26. The third-order valence-electron chi connectivity index (χ3n) is 3.48. The van der Waals surface area contributed by atoms with Crippen molar-refractivity contribution in [2.75, 3.05) is 0 Å². The minimum Gasteiger partial charge on any atom is -0.327 e. The molecular weight excluding hydrogens is 244 g/mol. The SMILES string of the molecule is Cn1ccnc1S(=O)c1ccc2c(c1)CCCC2. The minimum absolute atomic E-state index is 0.616. The molecule has 0 radical (unpaired) electrons. The van der Waals surface area contributed by atoms with E-state index in [1.54, 1.807) is 6.20 Å². The summed E-state index contributed by atoms with van der Waals surface area (Å²) in [5.41, 5.74) is 2.78. The Morgan fingerprint density at radius 3 is 2.72 bits per heavy atom. The van der Waals surface area contributed by atoms with Gasteiger partial charge < -0.3 is 4.57 Å². The van der Waals surface area contributed by atoms with E-state index in [4.69, 9.17) is 0 Å². The van der Waals surface area contributed by atoms with Crippen LogP contribution in [0.4, 0.5) is 0 Å². The zero-order chi connectivity index (χ0) is 12.5.